The van der Waals surface area contributed by atoms with Crippen LogP contribution in [0.1, 0.15) is 31.2 Å². The number of hydrogen-bond acceptors (Lipinski definition) is 3. The first-order valence-electron chi connectivity index (χ1n) is 7.01. The van der Waals surface area contributed by atoms with E-state index >= 15 is 0 Å². The van der Waals surface area contributed by atoms with Crippen LogP contribution in [0.5, 0.6) is 5.75 Å². The molecule has 2 atom stereocenters. The van der Waals surface area contributed by atoms with Crippen LogP contribution in [0.15, 0.2) is 24.3 Å². The zero-order valence-electron chi connectivity index (χ0n) is 11.0. The Bertz CT molecular complexity index is 403. The molecule has 1 aromatic rings. The highest BCUT2D eigenvalue weighted by atomic mass is 16.5. The Morgan fingerprint density at radius 2 is 2.17 bits per heavy atom. The van der Waals surface area contributed by atoms with Gasteiger partial charge in [0.15, 0.2) is 0 Å². The summed E-state index contributed by atoms with van der Waals surface area (Å²) in [4.78, 5) is 0. The topological polar surface area (TPSA) is 33.3 Å². The fraction of sp³-hybridized carbons (Fsp3) is 0.600. The predicted octanol–water partition coefficient (Wildman–Crippen LogP) is 1.89. The summed E-state index contributed by atoms with van der Waals surface area (Å²) in [5, 5.41) is 7.16. The van der Waals surface area contributed by atoms with E-state index in [1.165, 1.54) is 18.4 Å². The van der Waals surface area contributed by atoms with Crippen molar-refractivity contribution in [2.75, 3.05) is 19.7 Å². The van der Waals surface area contributed by atoms with Gasteiger partial charge in [0.1, 0.15) is 5.75 Å². The summed E-state index contributed by atoms with van der Waals surface area (Å²) in [6, 6.07) is 9.70. The molecular formula is C15H22N2O. The van der Waals surface area contributed by atoms with Gasteiger partial charge in [-0.05, 0) is 25.8 Å². The van der Waals surface area contributed by atoms with Crippen LogP contribution >= 0.6 is 0 Å². The first-order chi connectivity index (χ1) is 8.83. The minimum atomic E-state index is 0.504. The zero-order chi connectivity index (χ0) is 12.4. The van der Waals surface area contributed by atoms with Crippen molar-refractivity contribution in [1.82, 2.24) is 10.6 Å². The summed E-state index contributed by atoms with van der Waals surface area (Å²) in [5.74, 6) is 1.57. The van der Waals surface area contributed by atoms with Crippen LogP contribution in [0.25, 0.3) is 0 Å². The third-order valence-electron chi connectivity index (χ3n) is 3.80. The van der Waals surface area contributed by atoms with Gasteiger partial charge in [-0.2, -0.15) is 0 Å². The standard InChI is InChI=1S/C15H22N2O/c1-11(8-17-13-6-7-13)16-9-12-10-18-15-5-3-2-4-14(12)15/h2-5,11-13,16-17H,6-10H2,1H3. The van der Waals surface area contributed by atoms with Crippen molar-refractivity contribution < 1.29 is 4.74 Å². The van der Waals surface area contributed by atoms with Gasteiger partial charge in [-0.1, -0.05) is 18.2 Å². The second kappa shape index (κ2) is 5.29. The average Bonchev–Trinajstić information content (AvgIpc) is 3.14. The molecule has 3 nitrogen and oxygen atoms in total. The Kier molecular flexibility index (Phi) is 3.52. The Labute approximate surface area is 109 Å². The fourth-order valence-electron chi connectivity index (χ4n) is 2.44. The summed E-state index contributed by atoms with van der Waals surface area (Å²) >= 11 is 0. The lowest BCUT2D eigenvalue weighted by atomic mass is 10.0. The maximum atomic E-state index is 5.70. The molecule has 0 amide bonds. The van der Waals surface area contributed by atoms with Gasteiger partial charge >= 0.3 is 0 Å². The van der Waals surface area contributed by atoms with E-state index in [0.29, 0.717) is 12.0 Å². The molecule has 3 heteroatoms. The summed E-state index contributed by atoms with van der Waals surface area (Å²) in [5.41, 5.74) is 1.35. The van der Waals surface area contributed by atoms with E-state index in [9.17, 15) is 0 Å². The SMILES string of the molecule is CC(CNC1CC1)NCC1COc2ccccc21. The minimum Gasteiger partial charge on any atom is -0.493 e. The van der Waals surface area contributed by atoms with E-state index in [-0.39, 0.29) is 0 Å². The zero-order valence-corrected chi connectivity index (χ0v) is 11.0. The van der Waals surface area contributed by atoms with E-state index < -0.39 is 0 Å². The predicted molar refractivity (Wildman–Crippen MR) is 73.2 cm³/mol. The summed E-state index contributed by atoms with van der Waals surface area (Å²) in [6.07, 6.45) is 2.72. The molecule has 1 fully saturated rings. The monoisotopic (exact) mass is 246 g/mol. The normalized spacial score (nSPS) is 23.5. The number of nitrogens with one attached hydrogen (secondary N) is 2. The molecule has 0 aromatic heterocycles. The van der Waals surface area contributed by atoms with E-state index in [1.54, 1.807) is 0 Å². The van der Waals surface area contributed by atoms with Crippen molar-refractivity contribution >= 4 is 0 Å². The molecule has 3 rings (SSSR count). The molecule has 1 aliphatic heterocycles. The molecule has 2 aliphatic rings. The lowest BCUT2D eigenvalue weighted by molar-refractivity contribution is 0.322. The van der Waals surface area contributed by atoms with Gasteiger partial charge in [-0.25, -0.2) is 0 Å². The van der Waals surface area contributed by atoms with Crippen LogP contribution in [0, 0.1) is 0 Å². The molecule has 0 saturated heterocycles. The van der Waals surface area contributed by atoms with Crippen LogP contribution in [0.4, 0.5) is 0 Å². The van der Waals surface area contributed by atoms with E-state index in [4.69, 9.17) is 4.74 Å². The first-order valence-corrected chi connectivity index (χ1v) is 7.01. The first kappa shape index (κ1) is 12.0. The lowest BCUT2D eigenvalue weighted by Crippen LogP contribution is -2.39. The van der Waals surface area contributed by atoms with Gasteiger partial charge in [-0.15, -0.1) is 0 Å². The van der Waals surface area contributed by atoms with Gasteiger partial charge in [0.2, 0.25) is 0 Å². The fourth-order valence-corrected chi connectivity index (χ4v) is 2.44. The highest BCUT2D eigenvalue weighted by molar-refractivity contribution is 5.39. The van der Waals surface area contributed by atoms with E-state index in [1.807, 2.05) is 6.07 Å². The highest BCUT2D eigenvalue weighted by Crippen LogP contribution is 2.32. The maximum absolute atomic E-state index is 5.70. The Balaban J connectivity index is 1.45. The van der Waals surface area contributed by atoms with Crippen LogP contribution in [0.3, 0.4) is 0 Å². The molecule has 1 heterocycles. The molecule has 0 radical (unpaired) electrons. The molecule has 0 spiro atoms. The van der Waals surface area contributed by atoms with Gasteiger partial charge in [0.05, 0.1) is 6.61 Å². The highest BCUT2D eigenvalue weighted by Gasteiger charge is 2.24. The minimum absolute atomic E-state index is 0.504. The second-order valence-electron chi connectivity index (χ2n) is 5.54. The number of fused-ring (bicyclic) bond motifs is 1. The van der Waals surface area contributed by atoms with Gasteiger partial charge < -0.3 is 15.4 Å². The molecule has 18 heavy (non-hydrogen) atoms. The molecule has 1 saturated carbocycles. The molecular weight excluding hydrogens is 224 g/mol. The molecule has 2 N–H and O–H groups in total. The Morgan fingerprint density at radius 1 is 1.33 bits per heavy atom. The largest absolute Gasteiger partial charge is 0.493 e. The van der Waals surface area contributed by atoms with Crippen molar-refractivity contribution in [2.24, 2.45) is 0 Å². The molecule has 0 bridgehead atoms. The van der Waals surface area contributed by atoms with Crippen molar-refractivity contribution in [3.63, 3.8) is 0 Å². The maximum Gasteiger partial charge on any atom is 0.122 e. The van der Waals surface area contributed by atoms with Gasteiger partial charge in [-0.3, -0.25) is 0 Å². The van der Waals surface area contributed by atoms with Crippen molar-refractivity contribution in [2.45, 2.75) is 37.8 Å². The molecule has 2 unspecified atom stereocenters. The smallest absolute Gasteiger partial charge is 0.122 e. The molecule has 98 valence electrons. The number of ether oxygens (including phenoxy) is 1. The number of para-hydroxylation sites is 1. The molecule has 1 aliphatic carbocycles. The quantitative estimate of drug-likeness (QED) is 0.804. The number of hydrogen-bond donors (Lipinski definition) is 2. The molecule has 1 aromatic carbocycles. The number of benzene rings is 1. The van der Waals surface area contributed by atoms with Crippen molar-refractivity contribution in [1.29, 1.82) is 0 Å². The van der Waals surface area contributed by atoms with Crippen molar-refractivity contribution in [3.05, 3.63) is 29.8 Å². The van der Waals surface area contributed by atoms with Gasteiger partial charge in [0.25, 0.3) is 0 Å². The second-order valence-corrected chi connectivity index (χ2v) is 5.54. The van der Waals surface area contributed by atoms with E-state index in [2.05, 4.69) is 35.8 Å². The summed E-state index contributed by atoms with van der Waals surface area (Å²) in [7, 11) is 0. The summed E-state index contributed by atoms with van der Waals surface area (Å²) in [6.45, 7) is 5.14. The third kappa shape index (κ3) is 2.85. The average molecular weight is 246 g/mol. The van der Waals surface area contributed by atoms with Crippen LogP contribution in [-0.2, 0) is 0 Å². The lowest BCUT2D eigenvalue weighted by Gasteiger charge is -2.17. The van der Waals surface area contributed by atoms with Crippen LogP contribution in [-0.4, -0.2) is 31.8 Å². The Hall–Kier alpha value is -1.06. The third-order valence-corrected chi connectivity index (χ3v) is 3.80. The van der Waals surface area contributed by atoms with E-state index in [0.717, 1.165) is 31.5 Å². The Morgan fingerprint density at radius 3 is 3.00 bits per heavy atom. The van der Waals surface area contributed by atoms with Gasteiger partial charge in [0, 0.05) is 36.7 Å². The van der Waals surface area contributed by atoms with Crippen LogP contribution in [0.2, 0.25) is 0 Å². The van der Waals surface area contributed by atoms with Crippen molar-refractivity contribution in [3.8, 4) is 5.75 Å². The number of rotatable bonds is 6. The summed E-state index contributed by atoms with van der Waals surface area (Å²) < 4.78 is 5.70. The van der Waals surface area contributed by atoms with Crippen LogP contribution < -0.4 is 15.4 Å².